The van der Waals surface area contributed by atoms with Gasteiger partial charge in [0, 0.05) is 21.5 Å². The van der Waals surface area contributed by atoms with Crippen LogP contribution in [-0.4, -0.2) is 16.9 Å². The van der Waals surface area contributed by atoms with Gasteiger partial charge in [-0.15, -0.1) is 0 Å². The first-order valence-corrected chi connectivity index (χ1v) is 12.7. The predicted molar refractivity (Wildman–Crippen MR) is 135 cm³/mol. The van der Waals surface area contributed by atoms with E-state index in [-0.39, 0.29) is 11.9 Å². The molecule has 1 amide bonds. The highest BCUT2D eigenvalue weighted by atomic mass is 79.9. The number of hydrogen-bond donors (Lipinski definition) is 1. The Morgan fingerprint density at radius 2 is 1.81 bits per heavy atom. The number of pyridine rings is 1. The molecular formula is C28H31BrN2O. The number of carbonyl (C=O) groups is 1. The number of benzene rings is 2. The zero-order valence-electron chi connectivity index (χ0n) is 19.1. The summed E-state index contributed by atoms with van der Waals surface area (Å²) in [5.74, 6) is 2.77. The number of nitrogens with zero attached hydrogens (tertiary/aromatic N) is 1. The third-order valence-corrected chi connectivity index (χ3v) is 8.18. The molecule has 1 heterocycles. The lowest BCUT2D eigenvalue weighted by Crippen LogP contribution is -2.40. The highest BCUT2D eigenvalue weighted by Crippen LogP contribution is 2.49. The van der Waals surface area contributed by atoms with Gasteiger partial charge in [0.05, 0.1) is 16.8 Å². The second kappa shape index (κ2) is 8.62. The number of halogens is 1. The predicted octanol–water partition coefficient (Wildman–Crippen LogP) is 7.34. The van der Waals surface area contributed by atoms with E-state index in [1.54, 1.807) is 0 Å². The van der Waals surface area contributed by atoms with E-state index in [1.165, 1.54) is 31.2 Å². The molecule has 5 rings (SSSR count). The zero-order chi connectivity index (χ0) is 22.4. The summed E-state index contributed by atoms with van der Waals surface area (Å²) in [5, 5.41) is 4.24. The van der Waals surface area contributed by atoms with Gasteiger partial charge in [0.15, 0.2) is 0 Å². The van der Waals surface area contributed by atoms with Crippen LogP contribution in [0.15, 0.2) is 53.0 Å². The van der Waals surface area contributed by atoms with E-state index < -0.39 is 0 Å². The minimum absolute atomic E-state index is 0.00539. The van der Waals surface area contributed by atoms with Crippen LogP contribution in [0.5, 0.6) is 0 Å². The molecule has 3 nitrogen and oxygen atoms in total. The molecule has 0 aliphatic heterocycles. The Balaban J connectivity index is 1.49. The average Bonchev–Trinajstić information content (AvgIpc) is 3.42. The van der Waals surface area contributed by atoms with Gasteiger partial charge in [-0.1, -0.05) is 60.5 Å². The van der Waals surface area contributed by atoms with Crippen molar-refractivity contribution in [3.63, 3.8) is 0 Å². The third kappa shape index (κ3) is 4.10. The molecule has 4 heteroatoms. The number of fused-ring (bicyclic) bond motifs is 3. The normalized spacial score (nSPS) is 23.1. The largest absolute Gasteiger partial charge is 0.349 e. The van der Waals surface area contributed by atoms with Crippen molar-refractivity contribution >= 4 is 32.7 Å². The summed E-state index contributed by atoms with van der Waals surface area (Å²) in [5.41, 5.74) is 4.73. The van der Waals surface area contributed by atoms with Crippen molar-refractivity contribution in [2.75, 3.05) is 0 Å². The Morgan fingerprint density at radius 1 is 1.03 bits per heavy atom. The first kappa shape index (κ1) is 21.6. The number of carbonyl (C=O) groups excluding carboxylic acids is 1. The second-order valence-electron chi connectivity index (χ2n) is 10.1. The van der Waals surface area contributed by atoms with Crippen LogP contribution >= 0.6 is 15.9 Å². The Bertz CT molecular complexity index is 1150. The molecule has 0 spiro atoms. The molecule has 3 aromatic rings. The van der Waals surface area contributed by atoms with Crippen molar-refractivity contribution in [1.29, 1.82) is 0 Å². The molecule has 0 radical (unpaired) electrons. The molecule has 2 aliphatic carbocycles. The van der Waals surface area contributed by atoms with E-state index in [0.29, 0.717) is 17.4 Å². The Hall–Kier alpha value is -2.20. The van der Waals surface area contributed by atoms with E-state index in [1.807, 2.05) is 24.3 Å². The Morgan fingerprint density at radius 3 is 2.47 bits per heavy atom. The summed E-state index contributed by atoms with van der Waals surface area (Å²) in [4.78, 5) is 18.4. The minimum atomic E-state index is 0.00539. The molecule has 0 saturated heterocycles. The van der Waals surface area contributed by atoms with Crippen molar-refractivity contribution < 1.29 is 4.79 Å². The summed E-state index contributed by atoms with van der Waals surface area (Å²) >= 11 is 3.57. The fraction of sp³-hybridized carbons (Fsp3) is 0.429. The molecule has 4 atom stereocenters. The maximum atomic E-state index is 13.5. The van der Waals surface area contributed by atoms with Crippen LogP contribution in [0.25, 0.3) is 22.2 Å². The van der Waals surface area contributed by atoms with Gasteiger partial charge in [-0.2, -0.15) is 0 Å². The maximum Gasteiger partial charge on any atom is 0.252 e. The van der Waals surface area contributed by atoms with Crippen molar-refractivity contribution in [2.45, 2.75) is 58.4 Å². The van der Waals surface area contributed by atoms with Crippen molar-refractivity contribution in [1.82, 2.24) is 10.3 Å². The fourth-order valence-corrected chi connectivity index (χ4v) is 6.23. The van der Waals surface area contributed by atoms with Crippen LogP contribution < -0.4 is 5.32 Å². The molecule has 0 unspecified atom stereocenters. The number of nitrogens with one attached hydrogen (secondary N) is 1. The second-order valence-corrected chi connectivity index (χ2v) is 11.0. The third-order valence-electron chi connectivity index (χ3n) is 7.68. The van der Waals surface area contributed by atoms with Crippen LogP contribution in [0.3, 0.4) is 0 Å². The zero-order valence-corrected chi connectivity index (χ0v) is 20.7. The van der Waals surface area contributed by atoms with Gasteiger partial charge in [0.2, 0.25) is 0 Å². The molecule has 2 saturated carbocycles. The Kier molecular flexibility index (Phi) is 5.83. The van der Waals surface area contributed by atoms with E-state index in [0.717, 1.165) is 38.5 Å². The van der Waals surface area contributed by atoms with Crippen LogP contribution in [0.1, 0.15) is 68.3 Å². The molecule has 2 fully saturated rings. The number of hydrogen-bond acceptors (Lipinski definition) is 2. The van der Waals surface area contributed by atoms with Gasteiger partial charge in [-0.05, 0) is 79.7 Å². The molecule has 2 bridgehead atoms. The topological polar surface area (TPSA) is 42.0 Å². The summed E-state index contributed by atoms with van der Waals surface area (Å²) in [7, 11) is 0. The highest BCUT2D eigenvalue weighted by Gasteiger charge is 2.42. The van der Waals surface area contributed by atoms with Gasteiger partial charge in [-0.3, -0.25) is 4.79 Å². The van der Waals surface area contributed by atoms with Crippen molar-refractivity contribution in [3.8, 4) is 11.3 Å². The number of rotatable bonds is 5. The van der Waals surface area contributed by atoms with E-state index >= 15 is 0 Å². The van der Waals surface area contributed by atoms with Crippen LogP contribution in [0.2, 0.25) is 0 Å². The fourth-order valence-electron chi connectivity index (χ4n) is 5.87. The summed E-state index contributed by atoms with van der Waals surface area (Å²) in [6.07, 6.45) is 5.33. The first-order valence-electron chi connectivity index (χ1n) is 11.9. The van der Waals surface area contributed by atoms with Gasteiger partial charge < -0.3 is 5.32 Å². The summed E-state index contributed by atoms with van der Waals surface area (Å²) in [6, 6.07) is 16.7. The maximum absolute atomic E-state index is 13.5. The standard InChI is InChI=1S/C28H31BrN2O/c1-16(2)19-6-8-20(9-7-19)27-15-25(24-14-22(29)10-11-26(24)31-27)28(32)30-17(3)23-13-18-4-5-21(23)12-18/h6-11,14-18,21,23H,4-5,12-13H2,1-3H3,(H,30,32)/t17-,18+,21+,23+/m0/s1. The SMILES string of the molecule is CC(C)c1ccc(-c2cc(C(=O)N[C@@H](C)[C@H]3C[C@@H]4CC[C@@H]3C4)c3cc(Br)ccc3n2)cc1. The molecule has 32 heavy (non-hydrogen) atoms. The van der Waals surface area contributed by atoms with Crippen molar-refractivity contribution in [2.24, 2.45) is 17.8 Å². The lowest BCUT2D eigenvalue weighted by atomic mass is 9.84. The molecule has 1 N–H and O–H groups in total. The van der Waals surface area contributed by atoms with Gasteiger partial charge >= 0.3 is 0 Å². The summed E-state index contributed by atoms with van der Waals surface area (Å²) in [6.45, 7) is 6.58. The molecule has 2 aromatic carbocycles. The van der Waals surface area contributed by atoms with Crippen LogP contribution in [0, 0.1) is 17.8 Å². The Labute approximate surface area is 199 Å². The van der Waals surface area contributed by atoms with Gasteiger partial charge in [-0.25, -0.2) is 4.98 Å². The van der Waals surface area contributed by atoms with Crippen LogP contribution in [-0.2, 0) is 0 Å². The van der Waals surface area contributed by atoms with E-state index in [4.69, 9.17) is 4.98 Å². The van der Waals surface area contributed by atoms with Crippen LogP contribution in [0.4, 0.5) is 0 Å². The molecule has 2 aliphatic rings. The van der Waals surface area contributed by atoms with Gasteiger partial charge in [0.25, 0.3) is 5.91 Å². The lowest BCUT2D eigenvalue weighted by Gasteiger charge is -2.28. The molecule has 166 valence electrons. The van der Waals surface area contributed by atoms with E-state index in [9.17, 15) is 4.79 Å². The minimum Gasteiger partial charge on any atom is -0.349 e. The summed E-state index contributed by atoms with van der Waals surface area (Å²) < 4.78 is 0.955. The first-order chi connectivity index (χ1) is 15.4. The lowest BCUT2D eigenvalue weighted by molar-refractivity contribution is 0.0917. The molecule has 1 aromatic heterocycles. The van der Waals surface area contributed by atoms with Gasteiger partial charge in [0.1, 0.15) is 0 Å². The number of aromatic nitrogens is 1. The monoisotopic (exact) mass is 490 g/mol. The quantitative estimate of drug-likeness (QED) is 0.406. The number of amides is 1. The van der Waals surface area contributed by atoms with E-state index in [2.05, 4.69) is 66.3 Å². The highest BCUT2D eigenvalue weighted by molar-refractivity contribution is 9.10. The smallest absolute Gasteiger partial charge is 0.252 e. The van der Waals surface area contributed by atoms with Crippen molar-refractivity contribution in [3.05, 3.63) is 64.1 Å². The molecular weight excluding hydrogens is 460 g/mol. The average molecular weight is 491 g/mol.